The minimum atomic E-state index is -1.28. The Morgan fingerprint density at radius 2 is 1.39 bits per heavy atom. The number of rotatable bonds is 5. The number of carboxylic acid groups (broad SMARTS) is 2. The summed E-state index contributed by atoms with van der Waals surface area (Å²) in [5.41, 5.74) is -0.0450. The standard InChI is InChI=1S/C16H13NO6/c1-23-13-4-2-9(3-5-13)14(18)17-12-7-10(15(19)20)6-11(8-12)16(21)22/h2-8H,1H3,(H,17,18)(H,19,20)(H,21,22). The number of aromatic carboxylic acids is 2. The zero-order valence-corrected chi connectivity index (χ0v) is 12.1. The van der Waals surface area contributed by atoms with Crippen molar-refractivity contribution in [1.82, 2.24) is 0 Å². The van der Waals surface area contributed by atoms with Crippen LogP contribution >= 0.6 is 0 Å². The first kappa shape index (κ1) is 16.0. The zero-order valence-electron chi connectivity index (χ0n) is 12.1. The van der Waals surface area contributed by atoms with Crippen molar-refractivity contribution in [3.8, 4) is 5.75 Å². The minimum Gasteiger partial charge on any atom is -0.497 e. The predicted molar refractivity (Wildman–Crippen MR) is 81.3 cm³/mol. The molecular weight excluding hydrogens is 302 g/mol. The van der Waals surface area contributed by atoms with E-state index in [1.165, 1.54) is 31.4 Å². The molecule has 2 aromatic rings. The van der Waals surface area contributed by atoms with Crippen molar-refractivity contribution in [3.05, 3.63) is 59.2 Å². The van der Waals surface area contributed by atoms with E-state index in [0.717, 1.165) is 6.07 Å². The van der Waals surface area contributed by atoms with Crippen LogP contribution in [0.4, 0.5) is 5.69 Å². The van der Waals surface area contributed by atoms with Gasteiger partial charge >= 0.3 is 11.9 Å². The van der Waals surface area contributed by atoms with Crippen LogP contribution in [-0.4, -0.2) is 35.2 Å². The number of anilines is 1. The van der Waals surface area contributed by atoms with Gasteiger partial charge in [-0.25, -0.2) is 9.59 Å². The summed E-state index contributed by atoms with van der Waals surface area (Å²) in [6.45, 7) is 0. The van der Waals surface area contributed by atoms with Gasteiger partial charge in [0.25, 0.3) is 5.91 Å². The maximum atomic E-state index is 12.1. The van der Waals surface area contributed by atoms with Crippen LogP contribution < -0.4 is 10.1 Å². The van der Waals surface area contributed by atoms with E-state index in [-0.39, 0.29) is 16.8 Å². The highest BCUT2D eigenvalue weighted by molar-refractivity contribution is 6.05. The Morgan fingerprint density at radius 1 is 0.870 bits per heavy atom. The van der Waals surface area contributed by atoms with E-state index in [1.54, 1.807) is 12.1 Å². The Morgan fingerprint density at radius 3 is 1.83 bits per heavy atom. The molecule has 3 N–H and O–H groups in total. The molecule has 0 aliphatic carbocycles. The zero-order chi connectivity index (χ0) is 17.0. The molecule has 118 valence electrons. The highest BCUT2D eigenvalue weighted by Gasteiger charge is 2.13. The van der Waals surface area contributed by atoms with Gasteiger partial charge in [-0.15, -0.1) is 0 Å². The number of ether oxygens (including phenoxy) is 1. The molecule has 0 aromatic heterocycles. The van der Waals surface area contributed by atoms with Crippen LogP contribution in [0.1, 0.15) is 31.1 Å². The number of methoxy groups -OCH3 is 1. The van der Waals surface area contributed by atoms with Gasteiger partial charge < -0.3 is 20.3 Å². The monoisotopic (exact) mass is 315 g/mol. The number of carboxylic acids is 2. The Kier molecular flexibility index (Phi) is 4.61. The molecule has 0 unspecified atom stereocenters. The summed E-state index contributed by atoms with van der Waals surface area (Å²) in [7, 11) is 1.50. The molecule has 0 aliphatic heterocycles. The molecule has 2 rings (SSSR count). The fraction of sp³-hybridized carbons (Fsp3) is 0.0625. The van der Waals surface area contributed by atoms with Crippen LogP contribution in [0.15, 0.2) is 42.5 Å². The van der Waals surface area contributed by atoms with Crippen LogP contribution in [0.5, 0.6) is 5.75 Å². The topological polar surface area (TPSA) is 113 Å². The lowest BCUT2D eigenvalue weighted by Crippen LogP contribution is -2.13. The second kappa shape index (κ2) is 6.61. The highest BCUT2D eigenvalue weighted by Crippen LogP contribution is 2.18. The summed E-state index contributed by atoms with van der Waals surface area (Å²) in [5.74, 6) is -2.48. The molecule has 2 aromatic carbocycles. The van der Waals surface area contributed by atoms with Gasteiger partial charge in [0.2, 0.25) is 0 Å². The Balaban J connectivity index is 2.28. The van der Waals surface area contributed by atoms with E-state index in [0.29, 0.717) is 11.3 Å². The average molecular weight is 315 g/mol. The third-order valence-corrected chi connectivity index (χ3v) is 3.04. The van der Waals surface area contributed by atoms with E-state index in [9.17, 15) is 14.4 Å². The number of amides is 1. The Hall–Kier alpha value is -3.35. The molecule has 0 bridgehead atoms. The molecule has 0 atom stereocenters. The van der Waals surface area contributed by atoms with E-state index < -0.39 is 17.8 Å². The summed E-state index contributed by atoms with van der Waals surface area (Å²) in [6.07, 6.45) is 0. The lowest BCUT2D eigenvalue weighted by Gasteiger charge is -2.08. The molecule has 0 aliphatic rings. The van der Waals surface area contributed by atoms with Crippen LogP contribution in [0.2, 0.25) is 0 Å². The van der Waals surface area contributed by atoms with Crippen molar-refractivity contribution in [3.63, 3.8) is 0 Å². The van der Waals surface area contributed by atoms with Gasteiger partial charge in [-0.05, 0) is 42.5 Å². The maximum absolute atomic E-state index is 12.1. The highest BCUT2D eigenvalue weighted by atomic mass is 16.5. The third kappa shape index (κ3) is 3.85. The van der Waals surface area contributed by atoms with E-state index in [1.807, 2.05) is 0 Å². The van der Waals surface area contributed by atoms with Crippen molar-refractivity contribution in [2.75, 3.05) is 12.4 Å². The number of benzene rings is 2. The Bertz CT molecular complexity index is 734. The first-order chi connectivity index (χ1) is 10.9. The third-order valence-electron chi connectivity index (χ3n) is 3.04. The van der Waals surface area contributed by atoms with Crippen molar-refractivity contribution < 1.29 is 29.3 Å². The van der Waals surface area contributed by atoms with Gasteiger partial charge in [0, 0.05) is 11.3 Å². The second-order valence-electron chi connectivity index (χ2n) is 4.59. The second-order valence-corrected chi connectivity index (χ2v) is 4.59. The van der Waals surface area contributed by atoms with E-state index in [4.69, 9.17) is 14.9 Å². The van der Waals surface area contributed by atoms with Crippen LogP contribution in [-0.2, 0) is 0 Å². The summed E-state index contributed by atoms with van der Waals surface area (Å²) in [4.78, 5) is 34.2. The molecule has 0 heterocycles. The van der Waals surface area contributed by atoms with Crippen molar-refractivity contribution in [2.45, 2.75) is 0 Å². The van der Waals surface area contributed by atoms with E-state index in [2.05, 4.69) is 5.32 Å². The number of carbonyl (C=O) groups is 3. The van der Waals surface area contributed by atoms with Crippen molar-refractivity contribution in [2.24, 2.45) is 0 Å². The predicted octanol–water partition coefficient (Wildman–Crippen LogP) is 2.34. The number of hydrogen-bond acceptors (Lipinski definition) is 4. The van der Waals surface area contributed by atoms with Gasteiger partial charge in [0.1, 0.15) is 5.75 Å². The first-order valence-corrected chi connectivity index (χ1v) is 6.48. The lowest BCUT2D eigenvalue weighted by molar-refractivity contribution is 0.0696. The molecule has 0 radical (unpaired) electrons. The van der Waals surface area contributed by atoms with Gasteiger partial charge in [-0.3, -0.25) is 4.79 Å². The van der Waals surface area contributed by atoms with Gasteiger partial charge in [0.15, 0.2) is 0 Å². The van der Waals surface area contributed by atoms with Crippen molar-refractivity contribution >= 4 is 23.5 Å². The number of nitrogens with one attached hydrogen (secondary N) is 1. The molecule has 23 heavy (non-hydrogen) atoms. The van der Waals surface area contributed by atoms with E-state index >= 15 is 0 Å². The van der Waals surface area contributed by atoms with Crippen LogP contribution in [0.25, 0.3) is 0 Å². The first-order valence-electron chi connectivity index (χ1n) is 6.48. The summed E-state index contributed by atoms with van der Waals surface area (Å²) >= 11 is 0. The molecule has 0 saturated carbocycles. The maximum Gasteiger partial charge on any atom is 0.335 e. The van der Waals surface area contributed by atoms with Crippen LogP contribution in [0, 0.1) is 0 Å². The van der Waals surface area contributed by atoms with Crippen LogP contribution in [0.3, 0.4) is 0 Å². The molecule has 7 heteroatoms. The summed E-state index contributed by atoms with van der Waals surface area (Å²) < 4.78 is 4.99. The molecular formula is C16H13NO6. The fourth-order valence-electron chi connectivity index (χ4n) is 1.89. The smallest absolute Gasteiger partial charge is 0.335 e. The van der Waals surface area contributed by atoms with Gasteiger partial charge in [-0.1, -0.05) is 0 Å². The molecule has 0 fully saturated rings. The summed E-state index contributed by atoms with van der Waals surface area (Å²) in [5, 5.41) is 20.5. The number of carbonyl (C=O) groups excluding carboxylic acids is 1. The lowest BCUT2D eigenvalue weighted by atomic mass is 10.1. The fourth-order valence-corrected chi connectivity index (χ4v) is 1.89. The van der Waals surface area contributed by atoms with Crippen molar-refractivity contribution in [1.29, 1.82) is 0 Å². The average Bonchev–Trinajstić information content (AvgIpc) is 2.54. The normalized spacial score (nSPS) is 9.96. The summed E-state index contributed by atoms with van der Waals surface area (Å²) in [6, 6.07) is 9.68. The van der Waals surface area contributed by atoms with Gasteiger partial charge in [0.05, 0.1) is 18.2 Å². The Labute approximate surface area is 131 Å². The number of hydrogen-bond donors (Lipinski definition) is 3. The minimum absolute atomic E-state index is 0.0862. The molecule has 1 amide bonds. The quantitative estimate of drug-likeness (QED) is 0.780. The SMILES string of the molecule is COc1ccc(C(=O)Nc2cc(C(=O)O)cc(C(=O)O)c2)cc1. The molecule has 0 saturated heterocycles. The molecule has 7 nitrogen and oxygen atoms in total. The largest absolute Gasteiger partial charge is 0.497 e. The molecule has 0 spiro atoms. The van der Waals surface area contributed by atoms with Gasteiger partial charge in [-0.2, -0.15) is 0 Å².